The molecular weight excluding hydrogens is 322 g/mol. The predicted molar refractivity (Wildman–Crippen MR) is 109 cm³/mol. The van der Waals surface area contributed by atoms with Crippen LogP contribution in [0.1, 0.15) is 58.6 Å². The van der Waals surface area contributed by atoms with Crippen LogP contribution < -0.4 is 16.4 Å². The molecule has 26 heavy (non-hydrogen) atoms. The summed E-state index contributed by atoms with van der Waals surface area (Å²) in [6.45, 7) is 10.1. The Morgan fingerprint density at radius 1 is 1.15 bits per heavy atom. The Bertz CT molecular complexity index is 544. The molecule has 146 valence electrons. The third-order valence-corrected chi connectivity index (χ3v) is 5.73. The second-order valence-electron chi connectivity index (χ2n) is 8.53. The van der Waals surface area contributed by atoms with Gasteiger partial charge in [-0.2, -0.15) is 0 Å². The molecule has 0 bridgehead atoms. The molecule has 2 rings (SSSR count). The summed E-state index contributed by atoms with van der Waals surface area (Å²) in [7, 11) is 0. The minimum atomic E-state index is 0.0847. The van der Waals surface area contributed by atoms with Gasteiger partial charge in [0.1, 0.15) is 0 Å². The first-order valence-electron chi connectivity index (χ1n) is 10.2. The highest BCUT2D eigenvalue weighted by Crippen LogP contribution is 2.38. The van der Waals surface area contributed by atoms with Crippen molar-refractivity contribution in [1.29, 1.82) is 0 Å². The van der Waals surface area contributed by atoms with E-state index in [1.807, 2.05) is 25.1 Å². The van der Waals surface area contributed by atoms with E-state index in [2.05, 4.69) is 43.5 Å². The van der Waals surface area contributed by atoms with Crippen molar-refractivity contribution < 1.29 is 4.79 Å². The molecule has 1 saturated carbocycles. The SMILES string of the molecule is CC(C)[C@@H]1CC[C@@H](C)C[C@H]1C(=O)NC[C@@H](NC[C@@H](C)N)c1ccccc1. The molecule has 4 heteroatoms. The molecule has 1 aromatic carbocycles. The molecular formula is C22H37N3O. The van der Waals surface area contributed by atoms with E-state index in [0.717, 1.165) is 13.0 Å². The number of carbonyl (C=O) groups excluding carboxylic acids is 1. The number of hydrogen-bond acceptors (Lipinski definition) is 3. The largest absolute Gasteiger partial charge is 0.354 e. The maximum absolute atomic E-state index is 13.0. The first kappa shape index (κ1) is 20.9. The van der Waals surface area contributed by atoms with E-state index in [9.17, 15) is 4.79 Å². The third kappa shape index (κ3) is 6.10. The molecule has 1 aliphatic rings. The Labute approximate surface area is 159 Å². The van der Waals surface area contributed by atoms with Gasteiger partial charge >= 0.3 is 0 Å². The highest BCUT2D eigenvalue weighted by atomic mass is 16.1. The number of hydrogen-bond donors (Lipinski definition) is 3. The zero-order chi connectivity index (χ0) is 19.1. The van der Waals surface area contributed by atoms with Gasteiger partial charge in [-0.05, 0) is 43.1 Å². The molecule has 0 spiro atoms. The Morgan fingerprint density at radius 3 is 2.46 bits per heavy atom. The minimum Gasteiger partial charge on any atom is -0.354 e. The lowest BCUT2D eigenvalue weighted by molar-refractivity contribution is -0.129. The summed E-state index contributed by atoms with van der Waals surface area (Å²) < 4.78 is 0. The lowest BCUT2D eigenvalue weighted by Crippen LogP contribution is -2.44. The number of nitrogens with one attached hydrogen (secondary N) is 2. The summed E-state index contributed by atoms with van der Waals surface area (Å²) in [6, 6.07) is 10.5. The molecule has 0 unspecified atom stereocenters. The highest BCUT2D eigenvalue weighted by Gasteiger charge is 2.35. The molecule has 4 N–H and O–H groups in total. The number of rotatable bonds is 8. The average molecular weight is 360 g/mol. The maximum Gasteiger partial charge on any atom is 0.223 e. The Kier molecular flexibility index (Phi) is 8.11. The lowest BCUT2D eigenvalue weighted by atomic mass is 9.70. The van der Waals surface area contributed by atoms with Crippen LogP contribution in [-0.4, -0.2) is 25.0 Å². The molecule has 1 aromatic rings. The van der Waals surface area contributed by atoms with Crippen molar-refractivity contribution in [2.75, 3.05) is 13.1 Å². The molecule has 0 radical (unpaired) electrons. The monoisotopic (exact) mass is 359 g/mol. The molecule has 0 saturated heterocycles. The number of amides is 1. The van der Waals surface area contributed by atoms with Gasteiger partial charge in [-0.25, -0.2) is 0 Å². The summed E-state index contributed by atoms with van der Waals surface area (Å²) in [4.78, 5) is 13.0. The zero-order valence-electron chi connectivity index (χ0n) is 16.9. The second kappa shape index (κ2) is 10.1. The van der Waals surface area contributed by atoms with Gasteiger partial charge in [-0.3, -0.25) is 4.79 Å². The van der Waals surface area contributed by atoms with E-state index in [-0.39, 0.29) is 23.9 Å². The molecule has 1 amide bonds. The smallest absolute Gasteiger partial charge is 0.223 e. The van der Waals surface area contributed by atoms with Crippen LogP contribution in [0, 0.1) is 23.7 Å². The van der Waals surface area contributed by atoms with Crippen LogP contribution in [0.3, 0.4) is 0 Å². The third-order valence-electron chi connectivity index (χ3n) is 5.73. The molecule has 1 fully saturated rings. The highest BCUT2D eigenvalue weighted by molar-refractivity contribution is 5.79. The number of benzene rings is 1. The topological polar surface area (TPSA) is 67.2 Å². The number of nitrogens with two attached hydrogens (primary N) is 1. The Morgan fingerprint density at radius 2 is 1.85 bits per heavy atom. The van der Waals surface area contributed by atoms with Crippen LogP contribution in [0.15, 0.2) is 30.3 Å². The van der Waals surface area contributed by atoms with E-state index < -0.39 is 0 Å². The fourth-order valence-corrected chi connectivity index (χ4v) is 4.16. The molecule has 5 atom stereocenters. The quantitative estimate of drug-likeness (QED) is 0.665. The van der Waals surface area contributed by atoms with Crippen molar-refractivity contribution in [2.24, 2.45) is 29.4 Å². The fraction of sp³-hybridized carbons (Fsp3) is 0.682. The minimum absolute atomic E-state index is 0.0847. The first-order valence-corrected chi connectivity index (χ1v) is 10.2. The van der Waals surface area contributed by atoms with Crippen LogP contribution >= 0.6 is 0 Å². The Balaban J connectivity index is 2.00. The maximum atomic E-state index is 13.0. The van der Waals surface area contributed by atoms with Gasteiger partial charge in [-0.15, -0.1) is 0 Å². The van der Waals surface area contributed by atoms with Gasteiger partial charge in [-0.1, -0.05) is 57.5 Å². The summed E-state index contributed by atoms with van der Waals surface area (Å²) in [5, 5.41) is 6.73. The van der Waals surface area contributed by atoms with E-state index >= 15 is 0 Å². The normalized spacial score (nSPS) is 25.7. The van der Waals surface area contributed by atoms with Crippen molar-refractivity contribution in [3.63, 3.8) is 0 Å². The average Bonchev–Trinajstić information content (AvgIpc) is 2.61. The van der Waals surface area contributed by atoms with Gasteiger partial charge < -0.3 is 16.4 Å². The van der Waals surface area contributed by atoms with Crippen molar-refractivity contribution in [3.8, 4) is 0 Å². The van der Waals surface area contributed by atoms with E-state index in [1.165, 1.54) is 18.4 Å². The fourth-order valence-electron chi connectivity index (χ4n) is 4.16. The van der Waals surface area contributed by atoms with Crippen LogP contribution in [0.2, 0.25) is 0 Å². The standard InChI is InChI=1S/C22H37N3O/c1-15(2)19-11-10-16(3)12-20(19)22(26)25-14-21(24-13-17(4)23)18-8-6-5-7-9-18/h5-9,15-17,19-21,24H,10-14,23H2,1-4H3,(H,25,26)/t16-,17-,19+,20-,21-/m1/s1. The Hall–Kier alpha value is -1.39. The number of carbonyl (C=O) groups is 1. The molecule has 0 aromatic heterocycles. The summed E-state index contributed by atoms with van der Waals surface area (Å²) >= 11 is 0. The molecule has 4 nitrogen and oxygen atoms in total. The van der Waals surface area contributed by atoms with Gasteiger partial charge in [0, 0.05) is 31.1 Å². The van der Waals surface area contributed by atoms with Crippen molar-refractivity contribution in [2.45, 2.75) is 59.0 Å². The molecule has 1 aliphatic carbocycles. The summed E-state index contributed by atoms with van der Waals surface area (Å²) in [5.74, 6) is 2.06. The van der Waals surface area contributed by atoms with E-state index in [4.69, 9.17) is 5.73 Å². The molecule has 0 heterocycles. The van der Waals surface area contributed by atoms with Gasteiger partial charge in [0.2, 0.25) is 5.91 Å². The van der Waals surface area contributed by atoms with Crippen LogP contribution in [0.5, 0.6) is 0 Å². The van der Waals surface area contributed by atoms with Crippen molar-refractivity contribution >= 4 is 5.91 Å². The van der Waals surface area contributed by atoms with E-state index in [1.54, 1.807) is 0 Å². The van der Waals surface area contributed by atoms with Crippen LogP contribution in [0.25, 0.3) is 0 Å². The lowest BCUT2D eigenvalue weighted by Gasteiger charge is -2.36. The van der Waals surface area contributed by atoms with Crippen LogP contribution in [0.4, 0.5) is 0 Å². The van der Waals surface area contributed by atoms with Gasteiger partial charge in [0.25, 0.3) is 0 Å². The van der Waals surface area contributed by atoms with Crippen LogP contribution in [-0.2, 0) is 4.79 Å². The van der Waals surface area contributed by atoms with Crippen molar-refractivity contribution in [3.05, 3.63) is 35.9 Å². The summed E-state index contributed by atoms with van der Waals surface area (Å²) in [6.07, 6.45) is 3.43. The summed E-state index contributed by atoms with van der Waals surface area (Å²) in [5.41, 5.74) is 7.09. The first-order chi connectivity index (χ1) is 12.4. The second-order valence-corrected chi connectivity index (χ2v) is 8.53. The molecule has 0 aliphatic heterocycles. The van der Waals surface area contributed by atoms with Gasteiger partial charge in [0.05, 0.1) is 0 Å². The van der Waals surface area contributed by atoms with Crippen molar-refractivity contribution in [1.82, 2.24) is 10.6 Å². The predicted octanol–water partition coefficient (Wildman–Crippen LogP) is 3.49. The van der Waals surface area contributed by atoms with Gasteiger partial charge in [0.15, 0.2) is 0 Å². The zero-order valence-corrected chi connectivity index (χ0v) is 16.9. The van der Waals surface area contributed by atoms with E-state index in [0.29, 0.717) is 24.3 Å².